The number of non-ortho nitro benzene ring substituents is 1. The van der Waals surface area contributed by atoms with E-state index >= 15 is 0 Å². The molecule has 0 radical (unpaired) electrons. The Kier molecular flexibility index (Phi) is 4.95. The Balaban J connectivity index is 1.65. The van der Waals surface area contributed by atoms with Crippen LogP contribution >= 0.6 is 0 Å². The summed E-state index contributed by atoms with van der Waals surface area (Å²) < 4.78 is 0. The van der Waals surface area contributed by atoms with Gasteiger partial charge in [0.25, 0.3) is 17.5 Å². The molecule has 138 valence electrons. The Morgan fingerprint density at radius 1 is 1.19 bits per heavy atom. The molecular weight excluding hydrogens is 354 g/mol. The average molecular weight is 369 g/mol. The van der Waals surface area contributed by atoms with Gasteiger partial charge in [-0.2, -0.15) is 0 Å². The van der Waals surface area contributed by atoms with Gasteiger partial charge in [-0.25, -0.2) is 0 Å². The molecule has 0 bridgehead atoms. The summed E-state index contributed by atoms with van der Waals surface area (Å²) in [4.78, 5) is 45.8. The highest BCUT2D eigenvalue weighted by atomic mass is 16.6. The van der Waals surface area contributed by atoms with E-state index in [9.17, 15) is 29.6 Å². The van der Waals surface area contributed by atoms with E-state index in [0.29, 0.717) is 11.1 Å². The Morgan fingerprint density at radius 3 is 2.67 bits per heavy atom. The number of hydrogen-bond donors (Lipinski definition) is 3. The highest BCUT2D eigenvalue weighted by Gasteiger charge is 2.29. The van der Waals surface area contributed by atoms with Gasteiger partial charge < -0.3 is 10.4 Å². The van der Waals surface area contributed by atoms with Gasteiger partial charge >= 0.3 is 0 Å². The molecule has 1 heterocycles. The standard InChI is InChI=1S/C18H15N3O6/c22-14(8-10-3-1-5-12(7-10)21(26)27)19-15(23)9-11-4-2-6-13-16(11)18(25)20-17(13)24/h1-7,15,23H,8-9H2,(H,19,22)(H,20,24,25). The fourth-order valence-electron chi connectivity index (χ4n) is 2.92. The fourth-order valence-corrected chi connectivity index (χ4v) is 2.92. The van der Waals surface area contributed by atoms with Crippen molar-refractivity contribution < 1.29 is 24.4 Å². The first-order chi connectivity index (χ1) is 12.8. The lowest BCUT2D eigenvalue weighted by molar-refractivity contribution is -0.384. The predicted octanol–water partition coefficient (Wildman–Crippen LogP) is 0.698. The van der Waals surface area contributed by atoms with Gasteiger partial charge in [0.15, 0.2) is 0 Å². The van der Waals surface area contributed by atoms with Crippen molar-refractivity contribution in [2.24, 2.45) is 0 Å². The van der Waals surface area contributed by atoms with Crippen LogP contribution in [0.4, 0.5) is 5.69 Å². The molecule has 3 N–H and O–H groups in total. The van der Waals surface area contributed by atoms with Gasteiger partial charge in [0.1, 0.15) is 6.23 Å². The molecule has 0 saturated carbocycles. The molecule has 3 amide bonds. The molecule has 2 aromatic carbocycles. The number of aliphatic hydroxyl groups is 1. The van der Waals surface area contributed by atoms with Crippen molar-refractivity contribution in [1.29, 1.82) is 0 Å². The number of nitrogens with one attached hydrogen (secondary N) is 2. The fraction of sp³-hybridized carbons (Fsp3) is 0.167. The van der Waals surface area contributed by atoms with Crippen molar-refractivity contribution in [1.82, 2.24) is 10.6 Å². The number of aliphatic hydroxyl groups excluding tert-OH is 1. The van der Waals surface area contributed by atoms with E-state index in [1.807, 2.05) is 0 Å². The molecule has 0 saturated heterocycles. The summed E-state index contributed by atoms with van der Waals surface area (Å²) in [6.07, 6.45) is -1.50. The predicted molar refractivity (Wildman–Crippen MR) is 92.9 cm³/mol. The maximum atomic E-state index is 12.1. The Hall–Kier alpha value is -3.59. The lowest BCUT2D eigenvalue weighted by Gasteiger charge is -2.14. The Bertz CT molecular complexity index is 956. The second-order valence-corrected chi connectivity index (χ2v) is 6.01. The highest BCUT2D eigenvalue weighted by molar-refractivity contribution is 6.22. The van der Waals surface area contributed by atoms with E-state index in [2.05, 4.69) is 10.6 Å². The van der Waals surface area contributed by atoms with Gasteiger partial charge in [0.05, 0.1) is 22.5 Å². The van der Waals surface area contributed by atoms with Crippen molar-refractivity contribution in [3.05, 3.63) is 74.8 Å². The first kappa shape index (κ1) is 18.2. The van der Waals surface area contributed by atoms with Crippen molar-refractivity contribution >= 4 is 23.4 Å². The number of carbonyl (C=O) groups excluding carboxylic acids is 3. The van der Waals surface area contributed by atoms with Crippen LogP contribution < -0.4 is 10.6 Å². The van der Waals surface area contributed by atoms with Gasteiger partial charge in [-0.15, -0.1) is 0 Å². The van der Waals surface area contributed by atoms with Crippen LogP contribution in [0.15, 0.2) is 42.5 Å². The van der Waals surface area contributed by atoms with Crippen LogP contribution in [0.3, 0.4) is 0 Å². The van der Waals surface area contributed by atoms with Crippen LogP contribution in [0.1, 0.15) is 31.8 Å². The molecule has 0 spiro atoms. The number of hydrogen-bond acceptors (Lipinski definition) is 6. The molecule has 1 unspecified atom stereocenters. The van der Waals surface area contributed by atoms with E-state index < -0.39 is 28.9 Å². The molecule has 0 aliphatic carbocycles. The number of benzene rings is 2. The summed E-state index contributed by atoms with van der Waals surface area (Å²) >= 11 is 0. The second kappa shape index (κ2) is 7.34. The molecule has 2 aromatic rings. The molecule has 0 aromatic heterocycles. The van der Waals surface area contributed by atoms with E-state index in [1.165, 1.54) is 24.3 Å². The smallest absolute Gasteiger partial charge is 0.269 e. The molecule has 1 aliphatic rings. The minimum Gasteiger partial charge on any atom is -0.373 e. The summed E-state index contributed by atoms with van der Waals surface area (Å²) in [6, 6.07) is 10.3. The summed E-state index contributed by atoms with van der Waals surface area (Å²) in [6.45, 7) is 0. The van der Waals surface area contributed by atoms with Gasteiger partial charge in [-0.05, 0) is 17.2 Å². The van der Waals surface area contributed by atoms with Gasteiger partial charge in [-0.3, -0.25) is 29.8 Å². The van der Waals surface area contributed by atoms with Crippen LogP contribution in [0.25, 0.3) is 0 Å². The number of imide groups is 1. The van der Waals surface area contributed by atoms with Gasteiger partial charge in [0.2, 0.25) is 5.91 Å². The number of nitrogens with zero attached hydrogens (tertiary/aromatic N) is 1. The largest absolute Gasteiger partial charge is 0.373 e. The van der Waals surface area contributed by atoms with E-state index in [-0.39, 0.29) is 29.7 Å². The number of nitro benzene ring substituents is 1. The number of fused-ring (bicyclic) bond motifs is 1. The van der Waals surface area contributed by atoms with E-state index in [0.717, 1.165) is 0 Å². The van der Waals surface area contributed by atoms with Crippen molar-refractivity contribution in [3.63, 3.8) is 0 Å². The highest BCUT2D eigenvalue weighted by Crippen LogP contribution is 2.21. The third kappa shape index (κ3) is 3.98. The zero-order valence-corrected chi connectivity index (χ0v) is 14.0. The third-order valence-electron chi connectivity index (χ3n) is 4.08. The quantitative estimate of drug-likeness (QED) is 0.296. The first-order valence-electron chi connectivity index (χ1n) is 8.03. The maximum absolute atomic E-state index is 12.1. The lowest BCUT2D eigenvalue weighted by atomic mass is 9.99. The lowest BCUT2D eigenvalue weighted by Crippen LogP contribution is -2.37. The minimum absolute atomic E-state index is 0.0649. The number of amides is 3. The number of carbonyl (C=O) groups is 3. The van der Waals surface area contributed by atoms with Crippen LogP contribution in [0.2, 0.25) is 0 Å². The molecule has 0 fully saturated rings. The summed E-state index contributed by atoms with van der Waals surface area (Å²) in [5.74, 6) is -1.57. The van der Waals surface area contributed by atoms with Crippen molar-refractivity contribution in [2.75, 3.05) is 0 Å². The molecule has 9 nitrogen and oxygen atoms in total. The monoisotopic (exact) mass is 369 g/mol. The van der Waals surface area contributed by atoms with Crippen LogP contribution in [-0.4, -0.2) is 34.0 Å². The molecule has 1 atom stereocenters. The second-order valence-electron chi connectivity index (χ2n) is 6.01. The molecule has 1 aliphatic heterocycles. The van der Waals surface area contributed by atoms with Crippen molar-refractivity contribution in [3.8, 4) is 0 Å². The Labute approximate surface area is 153 Å². The molecule has 27 heavy (non-hydrogen) atoms. The average Bonchev–Trinajstić information content (AvgIpc) is 2.90. The van der Waals surface area contributed by atoms with Crippen LogP contribution in [-0.2, 0) is 17.6 Å². The summed E-state index contributed by atoms with van der Waals surface area (Å²) in [7, 11) is 0. The maximum Gasteiger partial charge on any atom is 0.269 e. The number of nitro groups is 1. The SMILES string of the molecule is O=C(Cc1cccc([N+](=O)[O-])c1)NC(O)Cc1cccc2c1C(=O)NC2=O. The van der Waals surface area contributed by atoms with Gasteiger partial charge in [0, 0.05) is 18.6 Å². The zero-order valence-electron chi connectivity index (χ0n) is 14.0. The van der Waals surface area contributed by atoms with E-state index in [1.54, 1.807) is 18.2 Å². The topological polar surface area (TPSA) is 139 Å². The van der Waals surface area contributed by atoms with Crippen molar-refractivity contribution in [2.45, 2.75) is 19.1 Å². The summed E-state index contributed by atoms with van der Waals surface area (Å²) in [5.41, 5.74) is 1.15. The molecule has 3 rings (SSSR count). The summed E-state index contributed by atoms with van der Waals surface area (Å²) in [5, 5.41) is 25.4. The van der Waals surface area contributed by atoms with E-state index in [4.69, 9.17) is 0 Å². The number of rotatable bonds is 6. The first-order valence-corrected chi connectivity index (χ1v) is 8.03. The van der Waals surface area contributed by atoms with Crippen LogP contribution in [0, 0.1) is 10.1 Å². The molecule has 9 heteroatoms. The Morgan fingerprint density at radius 2 is 1.93 bits per heavy atom. The normalized spacial score (nSPS) is 13.7. The minimum atomic E-state index is -1.29. The van der Waals surface area contributed by atoms with Gasteiger partial charge in [-0.1, -0.05) is 24.3 Å². The molecular formula is C18H15N3O6. The third-order valence-corrected chi connectivity index (χ3v) is 4.08. The zero-order chi connectivity index (χ0) is 19.6. The van der Waals surface area contributed by atoms with Crippen LogP contribution in [0.5, 0.6) is 0 Å².